The molecule has 0 radical (unpaired) electrons. The van der Waals surface area contributed by atoms with E-state index in [2.05, 4.69) is 17.4 Å². The Hall–Kier alpha value is -2.96. The van der Waals surface area contributed by atoms with Crippen LogP contribution < -0.4 is 5.32 Å². The summed E-state index contributed by atoms with van der Waals surface area (Å²) in [7, 11) is -3.82. The molecule has 1 aliphatic rings. The third-order valence-corrected chi connectivity index (χ3v) is 7.74. The van der Waals surface area contributed by atoms with Gasteiger partial charge in [0.25, 0.3) is 0 Å². The number of benzene rings is 3. The van der Waals surface area contributed by atoms with E-state index in [1.165, 1.54) is 9.87 Å². The number of sulfonamides is 1. The molecule has 0 saturated carbocycles. The topological polar surface area (TPSA) is 66.5 Å². The highest BCUT2D eigenvalue weighted by atomic mass is 32.2. The average molecular weight is 449 g/mol. The van der Waals surface area contributed by atoms with Crippen molar-refractivity contribution in [1.82, 2.24) is 9.62 Å². The normalized spacial score (nSPS) is 16.3. The number of aryl methyl sites for hydroxylation is 2. The lowest BCUT2D eigenvalue weighted by atomic mass is 9.95. The number of hydrogen-bond donors (Lipinski definition) is 1. The number of nitrogens with zero attached hydrogens (tertiary/aromatic N) is 1. The summed E-state index contributed by atoms with van der Waals surface area (Å²) in [5.41, 5.74) is 4.05. The van der Waals surface area contributed by atoms with E-state index in [0.717, 1.165) is 29.5 Å². The van der Waals surface area contributed by atoms with Gasteiger partial charge in [0.15, 0.2) is 0 Å². The maximum absolute atomic E-state index is 13.5. The Morgan fingerprint density at radius 1 is 0.969 bits per heavy atom. The molecule has 6 heteroatoms. The fraction of sp³-hybridized carbons (Fsp3) is 0.269. The number of nitrogens with one attached hydrogen (secondary N) is 1. The first kappa shape index (κ1) is 22.2. The molecule has 0 bridgehead atoms. The van der Waals surface area contributed by atoms with E-state index in [9.17, 15) is 13.2 Å². The second kappa shape index (κ2) is 9.67. The van der Waals surface area contributed by atoms with Gasteiger partial charge in [0.1, 0.15) is 6.04 Å². The lowest BCUT2D eigenvalue weighted by molar-refractivity contribution is -0.125. The number of carbonyl (C=O) groups excluding carboxylic acids is 1. The summed E-state index contributed by atoms with van der Waals surface area (Å²) in [6.45, 7) is 2.56. The summed E-state index contributed by atoms with van der Waals surface area (Å²) in [4.78, 5) is 13.4. The molecule has 3 aromatic rings. The molecule has 1 atom stereocenters. The van der Waals surface area contributed by atoms with Crippen LogP contribution >= 0.6 is 0 Å². The minimum absolute atomic E-state index is 0.189. The van der Waals surface area contributed by atoms with Crippen LogP contribution in [0.25, 0.3) is 0 Å². The molecule has 0 fully saturated rings. The van der Waals surface area contributed by atoms with Crippen LogP contribution in [-0.4, -0.2) is 31.2 Å². The van der Waals surface area contributed by atoms with Crippen LogP contribution in [0.4, 0.5) is 0 Å². The quantitative estimate of drug-likeness (QED) is 0.558. The molecule has 32 heavy (non-hydrogen) atoms. The van der Waals surface area contributed by atoms with Gasteiger partial charge < -0.3 is 5.32 Å². The van der Waals surface area contributed by atoms with E-state index in [1.54, 1.807) is 18.2 Å². The maximum Gasteiger partial charge on any atom is 0.244 e. The highest BCUT2D eigenvalue weighted by Crippen LogP contribution is 2.29. The van der Waals surface area contributed by atoms with Crippen molar-refractivity contribution in [3.8, 4) is 0 Å². The van der Waals surface area contributed by atoms with Crippen LogP contribution in [0.3, 0.4) is 0 Å². The lowest BCUT2D eigenvalue weighted by Crippen LogP contribution is -2.52. The molecule has 0 saturated heterocycles. The second-order valence-electron chi connectivity index (χ2n) is 8.24. The standard InChI is InChI=1S/C26H28N2O3S/c1-20-9-7-15-24(17-20)32(30,31)28-19-23-14-6-5-13-22(23)18-25(28)26(29)27-16-8-12-21-10-3-2-4-11-21/h2-7,9-11,13-15,17,25H,8,12,16,18-19H2,1H3,(H,27,29). The summed E-state index contributed by atoms with van der Waals surface area (Å²) in [6.07, 6.45) is 2.02. The summed E-state index contributed by atoms with van der Waals surface area (Å²) in [5, 5.41) is 2.97. The number of rotatable bonds is 7. The molecule has 1 unspecified atom stereocenters. The first-order valence-corrected chi connectivity index (χ1v) is 12.4. The minimum Gasteiger partial charge on any atom is -0.355 e. The number of amides is 1. The largest absolute Gasteiger partial charge is 0.355 e. The van der Waals surface area contributed by atoms with Crippen LogP contribution in [0.1, 0.15) is 28.7 Å². The monoisotopic (exact) mass is 448 g/mol. The zero-order valence-corrected chi connectivity index (χ0v) is 19.0. The highest BCUT2D eigenvalue weighted by molar-refractivity contribution is 7.89. The van der Waals surface area contributed by atoms with E-state index in [4.69, 9.17) is 0 Å². The van der Waals surface area contributed by atoms with E-state index < -0.39 is 16.1 Å². The van der Waals surface area contributed by atoms with Gasteiger partial charge in [-0.2, -0.15) is 4.31 Å². The number of fused-ring (bicyclic) bond motifs is 1. The fourth-order valence-corrected chi connectivity index (χ4v) is 5.82. The van der Waals surface area contributed by atoms with Crippen molar-refractivity contribution in [1.29, 1.82) is 0 Å². The van der Waals surface area contributed by atoms with Crippen LogP contribution in [0.15, 0.2) is 83.8 Å². The number of carbonyl (C=O) groups is 1. The summed E-state index contributed by atoms with van der Waals surface area (Å²) in [5.74, 6) is -0.246. The van der Waals surface area contributed by atoms with Gasteiger partial charge in [-0.25, -0.2) is 8.42 Å². The SMILES string of the molecule is Cc1cccc(S(=O)(=O)N2Cc3ccccc3CC2C(=O)NCCCc2ccccc2)c1. The van der Waals surface area contributed by atoms with Gasteiger partial charge in [-0.1, -0.05) is 66.7 Å². The predicted molar refractivity (Wildman–Crippen MR) is 126 cm³/mol. The van der Waals surface area contributed by atoms with E-state index >= 15 is 0 Å². The Bertz CT molecular complexity index is 1190. The van der Waals surface area contributed by atoms with Gasteiger partial charge in [0.05, 0.1) is 4.90 Å². The molecule has 4 rings (SSSR count). The van der Waals surface area contributed by atoms with Crippen LogP contribution in [0.2, 0.25) is 0 Å². The molecule has 1 aliphatic heterocycles. The van der Waals surface area contributed by atoms with Crippen LogP contribution in [-0.2, 0) is 34.2 Å². The van der Waals surface area contributed by atoms with Crippen molar-refractivity contribution >= 4 is 15.9 Å². The third-order valence-electron chi connectivity index (χ3n) is 5.89. The molecule has 1 amide bonds. The Balaban J connectivity index is 1.53. The molecule has 1 heterocycles. The third kappa shape index (κ3) is 4.92. The van der Waals surface area contributed by atoms with Gasteiger partial charge in [0.2, 0.25) is 15.9 Å². The van der Waals surface area contributed by atoms with Gasteiger partial charge in [-0.3, -0.25) is 4.79 Å². The average Bonchev–Trinajstić information content (AvgIpc) is 2.81. The van der Waals surface area contributed by atoms with E-state index in [0.29, 0.717) is 13.0 Å². The Morgan fingerprint density at radius 3 is 2.44 bits per heavy atom. The summed E-state index contributed by atoms with van der Waals surface area (Å²) < 4.78 is 28.4. The van der Waals surface area contributed by atoms with Crippen LogP contribution in [0, 0.1) is 6.92 Å². The van der Waals surface area contributed by atoms with Crippen molar-refractivity contribution in [2.75, 3.05) is 6.54 Å². The molecular weight excluding hydrogens is 420 g/mol. The molecule has 166 valence electrons. The molecule has 0 aromatic heterocycles. The Kier molecular flexibility index (Phi) is 6.72. The van der Waals surface area contributed by atoms with Crippen molar-refractivity contribution in [2.24, 2.45) is 0 Å². The number of hydrogen-bond acceptors (Lipinski definition) is 3. The fourth-order valence-electron chi connectivity index (χ4n) is 4.15. The van der Waals surface area contributed by atoms with Gasteiger partial charge in [-0.15, -0.1) is 0 Å². The minimum atomic E-state index is -3.82. The first-order valence-electron chi connectivity index (χ1n) is 10.9. The van der Waals surface area contributed by atoms with Crippen molar-refractivity contribution in [2.45, 2.75) is 43.7 Å². The maximum atomic E-state index is 13.5. The first-order chi connectivity index (χ1) is 15.4. The molecule has 3 aromatic carbocycles. The lowest BCUT2D eigenvalue weighted by Gasteiger charge is -2.35. The zero-order chi connectivity index (χ0) is 22.6. The molecule has 5 nitrogen and oxygen atoms in total. The second-order valence-corrected chi connectivity index (χ2v) is 10.1. The van der Waals surface area contributed by atoms with E-state index in [-0.39, 0.29) is 17.3 Å². The molecule has 1 N–H and O–H groups in total. The predicted octanol–water partition coefficient (Wildman–Crippen LogP) is 3.86. The smallest absolute Gasteiger partial charge is 0.244 e. The summed E-state index contributed by atoms with van der Waals surface area (Å²) in [6, 6.07) is 23.9. The van der Waals surface area contributed by atoms with Gasteiger partial charge >= 0.3 is 0 Å². The highest BCUT2D eigenvalue weighted by Gasteiger charge is 2.39. The molecule has 0 spiro atoms. The molecule has 0 aliphatic carbocycles. The van der Waals surface area contributed by atoms with Crippen LogP contribution in [0.5, 0.6) is 0 Å². The van der Waals surface area contributed by atoms with Crippen molar-refractivity contribution < 1.29 is 13.2 Å². The Morgan fingerprint density at radius 2 is 1.69 bits per heavy atom. The summed E-state index contributed by atoms with van der Waals surface area (Å²) >= 11 is 0. The van der Waals surface area contributed by atoms with Crippen molar-refractivity contribution in [3.05, 3.63) is 101 Å². The molecular formula is C26H28N2O3S. The van der Waals surface area contributed by atoms with Gasteiger partial charge in [-0.05, 0) is 60.6 Å². The Labute approximate surface area is 190 Å². The van der Waals surface area contributed by atoms with Gasteiger partial charge in [0, 0.05) is 13.1 Å². The van der Waals surface area contributed by atoms with E-state index in [1.807, 2.05) is 55.5 Å². The van der Waals surface area contributed by atoms with Crippen molar-refractivity contribution in [3.63, 3.8) is 0 Å². The zero-order valence-electron chi connectivity index (χ0n) is 18.2.